The molecule has 1 aliphatic rings. The first kappa shape index (κ1) is 22.0. The molecule has 3 rings (SSSR count). The van der Waals surface area contributed by atoms with E-state index in [0.29, 0.717) is 37.7 Å². The molecule has 1 aromatic carbocycles. The number of carbonyl (C=O) groups is 2. The zero-order chi connectivity index (χ0) is 21.2. The topological polar surface area (TPSA) is 87.9 Å². The number of benzene rings is 1. The summed E-state index contributed by atoms with van der Waals surface area (Å²) in [5, 5.41) is 6.35. The molecular weight excluding hydrogens is 384 g/mol. The second-order valence-corrected chi connectivity index (χ2v) is 7.41. The Morgan fingerprint density at radius 3 is 2.60 bits per heavy atom. The Bertz CT molecular complexity index is 786. The molecule has 1 saturated heterocycles. The van der Waals surface area contributed by atoms with E-state index in [2.05, 4.69) is 22.3 Å². The van der Waals surface area contributed by atoms with Crippen molar-refractivity contribution in [3.05, 3.63) is 47.7 Å². The first-order valence-electron chi connectivity index (χ1n) is 10.5. The zero-order valence-electron chi connectivity index (χ0n) is 17.5. The van der Waals surface area contributed by atoms with Crippen molar-refractivity contribution in [3.63, 3.8) is 0 Å². The third kappa shape index (κ3) is 6.67. The number of anilines is 1. The van der Waals surface area contributed by atoms with Crippen LogP contribution in [0.2, 0.25) is 0 Å². The SMILES string of the molecule is CCCCc1ccc(C(=O)N(CCN2CCOCC2)CC(=O)Nc2ccon2)cc1. The van der Waals surface area contributed by atoms with Crippen LogP contribution in [0.3, 0.4) is 0 Å². The maximum atomic E-state index is 13.1. The highest BCUT2D eigenvalue weighted by Gasteiger charge is 2.21. The van der Waals surface area contributed by atoms with Gasteiger partial charge in [0.05, 0.1) is 13.2 Å². The summed E-state index contributed by atoms with van der Waals surface area (Å²) in [4.78, 5) is 29.4. The van der Waals surface area contributed by atoms with Gasteiger partial charge in [0.25, 0.3) is 5.91 Å². The molecule has 0 spiro atoms. The molecule has 1 aliphatic heterocycles. The lowest BCUT2D eigenvalue weighted by atomic mass is 10.1. The van der Waals surface area contributed by atoms with Crippen molar-refractivity contribution in [2.24, 2.45) is 0 Å². The third-order valence-electron chi connectivity index (χ3n) is 5.14. The summed E-state index contributed by atoms with van der Waals surface area (Å²) >= 11 is 0. The number of aryl methyl sites for hydroxylation is 1. The van der Waals surface area contributed by atoms with Gasteiger partial charge in [-0.15, -0.1) is 0 Å². The van der Waals surface area contributed by atoms with Crippen molar-refractivity contribution in [2.75, 3.05) is 51.3 Å². The Morgan fingerprint density at radius 1 is 1.17 bits per heavy atom. The Hall–Kier alpha value is -2.71. The van der Waals surface area contributed by atoms with E-state index in [0.717, 1.165) is 32.4 Å². The maximum absolute atomic E-state index is 13.1. The van der Waals surface area contributed by atoms with Crippen LogP contribution in [-0.2, 0) is 16.0 Å². The van der Waals surface area contributed by atoms with E-state index in [1.54, 1.807) is 11.0 Å². The molecule has 8 nitrogen and oxygen atoms in total. The Balaban J connectivity index is 1.64. The van der Waals surface area contributed by atoms with Crippen LogP contribution >= 0.6 is 0 Å². The van der Waals surface area contributed by atoms with Gasteiger partial charge in [-0.25, -0.2) is 0 Å². The van der Waals surface area contributed by atoms with E-state index in [4.69, 9.17) is 9.26 Å². The lowest BCUT2D eigenvalue weighted by Gasteiger charge is -2.30. The summed E-state index contributed by atoms with van der Waals surface area (Å²) in [7, 11) is 0. The number of amides is 2. The Labute approximate surface area is 177 Å². The van der Waals surface area contributed by atoms with Gasteiger partial charge in [-0.2, -0.15) is 0 Å². The molecule has 0 bridgehead atoms. The smallest absolute Gasteiger partial charge is 0.254 e. The number of nitrogens with one attached hydrogen (secondary N) is 1. The summed E-state index contributed by atoms with van der Waals surface area (Å²) in [5.41, 5.74) is 1.81. The fraction of sp³-hybridized carbons (Fsp3) is 0.500. The summed E-state index contributed by atoms with van der Waals surface area (Å²) in [6.07, 6.45) is 4.65. The highest BCUT2D eigenvalue weighted by molar-refractivity contribution is 5.99. The van der Waals surface area contributed by atoms with Gasteiger partial charge in [0.2, 0.25) is 5.91 Å². The molecule has 1 N–H and O–H groups in total. The Morgan fingerprint density at radius 2 is 1.93 bits per heavy atom. The third-order valence-corrected chi connectivity index (χ3v) is 5.14. The van der Waals surface area contributed by atoms with E-state index in [-0.39, 0.29) is 18.4 Å². The van der Waals surface area contributed by atoms with Gasteiger partial charge >= 0.3 is 0 Å². The van der Waals surface area contributed by atoms with Gasteiger partial charge in [0, 0.05) is 37.8 Å². The van der Waals surface area contributed by atoms with Crippen LogP contribution in [-0.4, -0.2) is 72.7 Å². The van der Waals surface area contributed by atoms with Crippen molar-refractivity contribution < 1.29 is 18.8 Å². The first-order chi connectivity index (χ1) is 14.7. The molecule has 30 heavy (non-hydrogen) atoms. The van der Waals surface area contributed by atoms with Crippen molar-refractivity contribution >= 4 is 17.6 Å². The minimum Gasteiger partial charge on any atom is -0.379 e. The molecular formula is C22H30N4O4. The van der Waals surface area contributed by atoms with Crippen molar-refractivity contribution in [2.45, 2.75) is 26.2 Å². The van der Waals surface area contributed by atoms with Crippen LogP contribution in [0.5, 0.6) is 0 Å². The molecule has 0 unspecified atom stereocenters. The molecule has 0 atom stereocenters. The lowest BCUT2D eigenvalue weighted by Crippen LogP contribution is -2.45. The number of morpholine rings is 1. The van der Waals surface area contributed by atoms with E-state index >= 15 is 0 Å². The zero-order valence-corrected chi connectivity index (χ0v) is 17.5. The summed E-state index contributed by atoms with van der Waals surface area (Å²) in [5.74, 6) is -0.125. The maximum Gasteiger partial charge on any atom is 0.254 e. The molecule has 2 aromatic rings. The van der Waals surface area contributed by atoms with Crippen molar-refractivity contribution in [1.29, 1.82) is 0 Å². The van der Waals surface area contributed by atoms with Gasteiger partial charge in [-0.05, 0) is 30.5 Å². The number of aromatic nitrogens is 1. The van der Waals surface area contributed by atoms with Gasteiger partial charge in [0.1, 0.15) is 12.8 Å². The average molecular weight is 415 g/mol. The average Bonchev–Trinajstić information content (AvgIpc) is 3.28. The molecule has 1 aromatic heterocycles. The van der Waals surface area contributed by atoms with Crippen LogP contribution in [0.25, 0.3) is 0 Å². The number of hydrogen-bond donors (Lipinski definition) is 1. The number of unbranched alkanes of at least 4 members (excludes halogenated alkanes) is 1. The molecule has 2 amide bonds. The number of carbonyl (C=O) groups excluding carboxylic acids is 2. The molecule has 0 saturated carbocycles. The first-order valence-corrected chi connectivity index (χ1v) is 10.5. The van der Waals surface area contributed by atoms with Gasteiger partial charge < -0.3 is 19.5 Å². The van der Waals surface area contributed by atoms with E-state index in [1.165, 1.54) is 11.8 Å². The lowest BCUT2D eigenvalue weighted by molar-refractivity contribution is -0.117. The minimum absolute atomic E-state index is 0.0480. The quantitative estimate of drug-likeness (QED) is 0.642. The Kier molecular flexibility index (Phi) is 8.41. The molecule has 0 aliphatic carbocycles. The van der Waals surface area contributed by atoms with Gasteiger partial charge in [-0.3, -0.25) is 14.5 Å². The fourth-order valence-electron chi connectivity index (χ4n) is 3.35. The monoisotopic (exact) mass is 414 g/mol. The van der Waals surface area contributed by atoms with Crippen molar-refractivity contribution in [1.82, 2.24) is 15.0 Å². The second-order valence-electron chi connectivity index (χ2n) is 7.41. The minimum atomic E-state index is -0.307. The summed E-state index contributed by atoms with van der Waals surface area (Å²) in [6, 6.07) is 9.26. The van der Waals surface area contributed by atoms with Crippen LogP contribution < -0.4 is 5.32 Å². The highest BCUT2D eigenvalue weighted by atomic mass is 16.5. The fourth-order valence-corrected chi connectivity index (χ4v) is 3.35. The van der Waals surface area contributed by atoms with Gasteiger partial charge in [0.15, 0.2) is 5.82 Å². The van der Waals surface area contributed by atoms with E-state index in [9.17, 15) is 9.59 Å². The van der Waals surface area contributed by atoms with Gasteiger partial charge in [-0.1, -0.05) is 30.6 Å². The summed E-state index contributed by atoms with van der Waals surface area (Å²) < 4.78 is 10.1. The standard InChI is InChI=1S/C22H30N4O4/c1-2-3-4-18-5-7-19(8-6-18)22(28)26(11-10-25-12-15-29-16-13-25)17-21(27)23-20-9-14-30-24-20/h5-9,14H,2-4,10-13,15-17H2,1H3,(H,23,24,27). The number of nitrogens with zero attached hydrogens (tertiary/aromatic N) is 3. The summed E-state index contributed by atoms with van der Waals surface area (Å²) in [6.45, 7) is 6.32. The van der Waals surface area contributed by atoms with Crippen LogP contribution in [0.1, 0.15) is 35.7 Å². The molecule has 0 radical (unpaired) electrons. The number of rotatable bonds is 10. The second kappa shape index (κ2) is 11.5. The molecule has 2 heterocycles. The molecule has 162 valence electrons. The van der Waals surface area contributed by atoms with E-state index in [1.807, 2.05) is 24.3 Å². The predicted molar refractivity (Wildman–Crippen MR) is 113 cm³/mol. The van der Waals surface area contributed by atoms with Crippen LogP contribution in [0.15, 0.2) is 41.1 Å². The van der Waals surface area contributed by atoms with Crippen molar-refractivity contribution in [3.8, 4) is 0 Å². The normalized spacial score (nSPS) is 14.4. The largest absolute Gasteiger partial charge is 0.379 e. The molecule has 1 fully saturated rings. The molecule has 8 heteroatoms. The van der Waals surface area contributed by atoms with Crippen LogP contribution in [0.4, 0.5) is 5.82 Å². The van der Waals surface area contributed by atoms with Crippen LogP contribution in [0, 0.1) is 0 Å². The van der Waals surface area contributed by atoms with E-state index < -0.39 is 0 Å². The predicted octanol–water partition coefficient (Wildman–Crippen LogP) is 2.43. The number of ether oxygens (including phenoxy) is 1. The number of hydrogen-bond acceptors (Lipinski definition) is 6. The highest BCUT2D eigenvalue weighted by Crippen LogP contribution is 2.11.